The Labute approximate surface area is 166 Å². The molecule has 156 valence electrons. The van der Waals surface area contributed by atoms with Gasteiger partial charge in [-0.25, -0.2) is 8.42 Å². The maximum absolute atomic E-state index is 12.7. The van der Waals surface area contributed by atoms with Crippen LogP contribution >= 0.6 is 0 Å². The molecule has 1 aliphatic rings. The van der Waals surface area contributed by atoms with E-state index in [1.807, 2.05) is 13.8 Å². The van der Waals surface area contributed by atoms with Crippen LogP contribution in [-0.4, -0.2) is 62.2 Å². The Bertz CT molecular complexity index is 798. The summed E-state index contributed by atoms with van der Waals surface area (Å²) in [7, 11) is -3.68. The van der Waals surface area contributed by atoms with Gasteiger partial charge in [0.25, 0.3) is 11.8 Å². The fourth-order valence-corrected chi connectivity index (χ4v) is 4.74. The number of benzene rings is 1. The average Bonchev–Trinajstić information content (AvgIpc) is 3.21. The van der Waals surface area contributed by atoms with Gasteiger partial charge in [-0.1, -0.05) is 13.8 Å². The largest absolute Gasteiger partial charge is 0.483 e. The number of carbonyl (C=O) groups excluding carboxylic acids is 2. The number of nitrogens with two attached hydrogens (primary N) is 1. The van der Waals surface area contributed by atoms with E-state index in [0.29, 0.717) is 26.2 Å². The maximum Gasteiger partial charge on any atom is 0.260 e. The van der Waals surface area contributed by atoms with Gasteiger partial charge in [0.15, 0.2) is 6.61 Å². The lowest BCUT2D eigenvalue weighted by atomic mass is 10.2. The van der Waals surface area contributed by atoms with Crippen LogP contribution < -0.4 is 10.5 Å². The Morgan fingerprint density at radius 1 is 1.14 bits per heavy atom. The van der Waals surface area contributed by atoms with Crippen LogP contribution in [-0.2, 0) is 14.8 Å². The molecule has 2 amide bonds. The van der Waals surface area contributed by atoms with Crippen molar-refractivity contribution in [3.63, 3.8) is 0 Å². The van der Waals surface area contributed by atoms with E-state index in [2.05, 4.69) is 0 Å². The Morgan fingerprint density at radius 3 is 2.29 bits per heavy atom. The Balaban J connectivity index is 2.19. The van der Waals surface area contributed by atoms with Gasteiger partial charge in [0.2, 0.25) is 10.0 Å². The van der Waals surface area contributed by atoms with Crippen LogP contribution in [0.3, 0.4) is 0 Å². The second kappa shape index (κ2) is 9.88. The van der Waals surface area contributed by atoms with E-state index in [0.717, 1.165) is 25.7 Å². The third-order valence-corrected chi connectivity index (χ3v) is 6.50. The zero-order chi connectivity index (χ0) is 20.7. The van der Waals surface area contributed by atoms with Crippen LogP contribution in [0.1, 0.15) is 49.9 Å². The van der Waals surface area contributed by atoms with Crippen LogP contribution in [0, 0.1) is 0 Å². The number of primary amides is 1. The highest BCUT2D eigenvalue weighted by Crippen LogP contribution is 2.26. The highest BCUT2D eigenvalue weighted by molar-refractivity contribution is 7.89. The quantitative estimate of drug-likeness (QED) is 0.629. The van der Waals surface area contributed by atoms with E-state index < -0.39 is 15.9 Å². The first-order chi connectivity index (χ1) is 13.3. The summed E-state index contributed by atoms with van der Waals surface area (Å²) in [6.07, 6.45) is 3.30. The zero-order valence-corrected chi connectivity index (χ0v) is 17.3. The van der Waals surface area contributed by atoms with Crippen molar-refractivity contribution in [2.75, 3.05) is 32.8 Å². The molecule has 1 aliphatic heterocycles. The molecule has 1 saturated heterocycles. The first-order valence-electron chi connectivity index (χ1n) is 9.65. The Kier molecular flexibility index (Phi) is 7.82. The standard InChI is InChI=1S/C19H29N3O5S/c1-3-9-21(10-4-2)18(23)14-27-17-8-7-15(13-16(17)19(20)24)28(25,26)22-11-5-6-12-22/h7-8,13H,3-6,9-12,14H2,1-2H3,(H2,20,24). The highest BCUT2D eigenvalue weighted by atomic mass is 32.2. The summed E-state index contributed by atoms with van der Waals surface area (Å²) in [5.74, 6) is -0.887. The molecule has 0 aromatic heterocycles. The first kappa shape index (κ1) is 22.2. The van der Waals surface area contributed by atoms with Gasteiger partial charge in [-0.2, -0.15) is 4.31 Å². The van der Waals surface area contributed by atoms with Crippen LogP contribution in [0.4, 0.5) is 0 Å². The molecule has 28 heavy (non-hydrogen) atoms. The summed E-state index contributed by atoms with van der Waals surface area (Å²) in [6.45, 7) is 5.93. The second-order valence-corrected chi connectivity index (χ2v) is 8.74. The molecule has 0 aliphatic carbocycles. The number of amides is 2. The molecule has 0 spiro atoms. The van der Waals surface area contributed by atoms with E-state index in [-0.39, 0.29) is 28.7 Å². The molecular weight excluding hydrogens is 382 g/mol. The number of carbonyl (C=O) groups is 2. The lowest BCUT2D eigenvalue weighted by Crippen LogP contribution is -2.36. The summed E-state index contributed by atoms with van der Waals surface area (Å²) in [4.78, 5) is 25.9. The van der Waals surface area contributed by atoms with E-state index in [1.165, 1.54) is 22.5 Å². The van der Waals surface area contributed by atoms with Crippen molar-refractivity contribution >= 4 is 21.8 Å². The van der Waals surface area contributed by atoms with Crippen molar-refractivity contribution in [3.8, 4) is 5.75 Å². The van der Waals surface area contributed by atoms with Crippen LogP contribution in [0.25, 0.3) is 0 Å². The molecule has 2 N–H and O–H groups in total. The molecule has 9 heteroatoms. The molecule has 2 rings (SSSR count). The minimum absolute atomic E-state index is 0.000434. The topological polar surface area (TPSA) is 110 Å². The van der Waals surface area contributed by atoms with E-state index in [4.69, 9.17) is 10.5 Å². The number of sulfonamides is 1. The van der Waals surface area contributed by atoms with Crippen molar-refractivity contribution in [1.82, 2.24) is 9.21 Å². The van der Waals surface area contributed by atoms with Crippen LogP contribution in [0.5, 0.6) is 5.75 Å². The van der Waals surface area contributed by atoms with Crippen LogP contribution in [0.2, 0.25) is 0 Å². The third-order valence-electron chi connectivity index (χ3n) is 4.61. The van der Waals surface area contributed by atoms with Gasteiger partial charge >= 0.3 is 0 Å². The highest BCUT2D eigenvalue weighted by Gasteiger charge is 2.28. The van der Waals surface area contributed by atoms with Gasteiger partial charge in [0.1, 0.15) is 5.75 Å². The van der Waals surface area contributed by atoms with Gasteiger partial charge in [0.05, 0.1) is 10.5 Å². The van der Waals surface area contributed by atoms with Crippen LogP contribution in [0.15, 0.2) is 23.1 Å². The van der Waals surface area contributed by atoms with Crippen molar-refractivity contribution in [3.05, 3.63) is 23.8 Å². The molecule has 1 fully saturated rings. The van der Waals surface area contributed by atoms with Gasteiger partial charge in [-0.05, 0) is 43.9 Å². The third kappa shape index (κ3) is 5.23. The average molecular weight is 412 g/mol. The Morgan fingerprint density at radius 2 is 1.75 bits per heavy atom. The summed E-state index contributed by atoms with van der Waals surface area (Å²) < 4.78 is 32.3. The monoisotopic (exact) mass is 411 g/mol. The molecule has 0 atom stereocenters. The maximum atomic E-state index is 12.7. The first-order valence-corrected chi connectivity index (χ1v) is 11.1. The number of rotatable bonds is 10. The van der Waals surface area contributed by atoms with Gasteiger partial charge in [0, 0.05) is 26.2 Å². The molecule has 8 nitrogen and oxygen atoms in total. The Hall–Kier alpha value is -2.13. The molecule has 0 saturated carbocycles. The fourth-order valence-electron chi connectivity index (χ4n) is 3.20. The molecule has 0 radical (unpaired) electrons. The second-order valence-electron chi connectivity index (χ2n) is 6.80. The van der Waals surface area contributed by atoms with Crippen molar-refractivity contribution in [2.45, 2.75) is 44.4 Å². The number of nitrogens with zero attached hydrogens (tertiary/aromatic N) is 2. The molecule has 1 aromatic rings. The predicted octanol–water partition coefficient (Wildman–Crippen LogP) is 1.60. The predicted molar refractivity (Wildman–Crippen MR) is 106 cm³/mol. The van der Waals surface area contributed by atoms with E-state index in [9.17, 15) is 18.0 Å². The molecule has 0 bridgehead atoms. The van der Waals surface area contributed by atoms with Gasteiger partial charge in [-0.15, -0.1) is 0 Å². The minimum Gasteiger partial charge on any atom is -0.483 e. The van der Waals surface area contributed by atoms with E-state index >= 15 is 0 Å². The van der Waals surface area contributed by atoms with E-state index in [1.54, 1.807) is 4.90 Å². The van der Waals surface area contributed by atoms with Crippen molar-refractivity contribution in [2.24, 2.45) is 5.73 Å². The number of ether oxygens (including phenoxy) is 1. The lowest BCUT2D eigenvalue weighted by molar-refractivity contribution is -0.133. The van der Waals surface area contributed by atoms with Gasteiger partial charge < -0.3 is 15.4 Å². The number of hydrogen-bond acceptors (Lipinski definition) is 5. The summed E-state index contributed by atoms with van der Waals surface area (Å²) in [5.41, 5.74) is 5.37. The SMILES string of the molecule is CCCN(CCC)C(=O)COc1ccc(S(=O)(=O)N2CCCC2)cc1C(N)=O. The normalized spacial score (nSPS) is 14.8. The summed E-state index contributed by atoms with van der Waals surface area (Å²) in [6, 6.07) is 4.00. The fraction of sp³-hybridized carbons (Fsp3) is 0.579. The molecule has 1 heterocycles. The smallest absolute Gasteiger partial charge is 0.260 e. The summed E-state index contributed by atoms with van der Waals surface area (Å²) in [5, 5.41) is 0. The van der Waals surface area contributed by atoms with Crippen molar-refractivity contribution in [1.29, 1.82) is 0 Å². The molecular formula is C19H29N3O5S. The van der Waals surface area contributed by atoms with Gasteiger partial charge in [-0.3, -0.25) is 9.59 Å². The molecule has 0 unspecified atom stereocenters. The minimum atomic E-state index is -3.68. The molecule has 1 aromatic carbocycles. The number of hydrogen-bond donors (Lipinski definition) is 1. The lowest BCUT2D eigenvalue weighted by Gasteiger charge is -2.22. The zero-order valence-electron chi connectivity index (χ0n) is 16.5. The van der Waals surface area contributed by atoms with Crippen molar-refractivity contribution < 1.29 is 22.7 Å². The summed E-state index contributed by atoms with van der Waals surface area (Å²) >= 11 is 0.